The van der Waals surface area contributed by atoms with E-state index in [1.165, 1.54) is 0 Å². The van der Waals surface area contributed by atoms with Gasteiger partial charge >= 0.3 is 0 Å². The third-order valence-electron chi connectivity index (χ3n) is 5.22. The Kier molecular flexibility index (Phi) is 6.56. The molecular formula is C27H25N3O2. The van der Waals surface area contributed by atoms with Crippen molar-refractivity contribution in [3.8, 4) is 22.5 Å². The average Bonchev–Trinajstić information content (AvgIpc) is 3.29. The molecule has 0 saturated carbocycles. The second-order valence-electron chi connectivity index (χ2n) is 7.68. The lowest BCUT2D eigenvalue weighted by Crippen LogP contribution is -2.32. The largest absolute Gasteiger partial charge is 0.337 e. The number of hydrogen-bond donors (Lipinski definition) is 0. The van der Waals surface area contributed by atoms with E-state index < -0.39 is 0 Å². The number of carbonyl (C=O) groups is 1. The molecule has 0 saturated heterocycles. The van der Waals surface area contributed by atoms with E-state index in [1.54, 1.807) is 11.0 Å². The zero-order valence-corrected chi connectivity index (χ0v) is 18.1. The van der Waals surface area contributed by atoms with Gasteiger partial charge in [0.15, 0.2) is 0 Å². The van der Waals surface area contributed by atoms with Crippen molar-refractivity contribution >= 4 is 5.91 Å². The van der Waals surface area contributed by atoms with Gasteiger partial charge in [-0.1, -0.05) is 95.7 Å². The van der Waals surface area contributed by atoms with Crippen LogP contribution in [0.25, 0.3) is 22.5 Å². The van der Waals surface area contributed by atoms with E-state index in [4.69, 9.17) is 4.52 Å². The fourth-order valence-electron chi connectivity index (χ4n) is 3.44. The molecule has 4 aromatic rings. The zero-order chi connectivity index (χ0) is 22.3. The standard InChI is InChI=1S/C27H25N3O2/c1-3-17-30(19-25-28-27(29-32-25)24-13-9-20(2)10-14-24)26(31)18-21-11-15-23(16-12-21)22-7-5-4-6-8-22/h3-16H,1,17-19H2,2H3. The highest BCUT2D eigenvalue weighted by molar-refractivity contribution is 5.79. The first-order valence-corrected chi connectivity index (χ1v) is 10.5. The maximum atomic E-state index is 13.0. The molecule has 32 heavy (non-hydrogen) atoms. The van der Waals surface area contributed by atoms with Crippen LogP contribution in [-0.4, -0.2) is 27.5 Å². The lowest BCUT2D eigenvalue weighted by atomic mass is 10.0. The highest BCUT2D eigenvalue weighted by atomic mass is 16.5. The Morgan fingerprint density at radius 1 is 0.938 bits per heavy atom. The molecule has 0 fully saturated rings. The van der Waals surface area contributed by atoms with Gasteiger partial charge in [0.25, 0.3) is 0 Å². The number of carbonyl (C=O) groups excluding carboxylic acids is 1. The summed E-state index contributed by atoms with van der Waals surface area (Å²) >= 11 is 0. The fraction of sp³-hybridized carbons (Fsp3) is 0.148. The van der Waals surface area contributed by atoms with Crippen LogP contribution in [-0.2, 0) is 17.8 Å². The molecule has 0 spiro atoms. The SMILES string of the molecule is C=CCN(Cc1nc(-c2ccc(C)cc2)no1)C(=O)Cc1ccc(-c2ccccc2)cc1. The van der Waals surface area contributed by atoms with Gasteiger partial charge in [0, 0.05) is 12.1 Å². The average molecular weight is 424 g/mol. The number of aryl methyl sites for hydroxylation is 1. The molecule has 1 heterocycles. The molecule has 0 bridgehead atoms. The predicted octanol–water partition coefficient (Wildman–Crippen LogP) is 5.47. The second-order valence-corrected chi connectivity index (χ2v) is 7.68. The molecule has 4 rings (SSSR count). The summed E-state index contributed by atoms with van der Waals surface area (Å²) in [5, 5.41) is 4.06. The van der Waals surface area contributed by atoms with Gasteiger partial charge in [-0.3, -0.25) is 4.79 Å². The van der Waals surface area contributed by atoms with Crippen molar-refractivity contribution in [2.24, 2.45) is 0 Å². The molecule has 0 aliphatic heterocycles. The van der Waals surface area contributed by atoms with E-state index in [2.05, 4.69) is 28.9 Å². The Morgan fingerprint density at radius 2 is 1.59 bits per heavy atom. The van der Waals surface area contributed by atoms with E-state index in [1.807, 2.05) is 73.7 Å². The van der Waals surface area contributed by atoms with Crippen LogP contribution in [0.3, 0.4) is 0 Å². The third kappa shape index (κ3) is 5.19. The number of amides is 1. The van der Waals surface area contributed by atoms with Crippen molar-refractivity contribution in [1.29, 1.82) is 0 Å². The summed E-state index contributed by atoms with van der Waals surface area (Å²) in [7, 11) is 0. The van der Waals surface area contributed by atoms with E-state index in [9.17, 15) is 4.79 Å². The molecule has 160 valence electrons. The van der Waals surface area contributed by atoms with E-state index in [0.717, 1.165) is 27.8 Å². The Hall–Kier alpha value is -3.99. The molecule has 0 aliphatic carbocycles. The van der Waals surface area contributed by atoms with Gasteiger partial charge in [-0.2, -0.15) is 4.98 Å². The molecule has 0 atom stereocenters. The molecular weight excluding hydrogens is 398 g/mol. The first kappa shape index (κ1) is 21.2. The molecule has 3 aromatic carbocycles. The van der Waals surface area contributed by atoms with Gasteiger partial charge in [-0.05, 0) is 23.6 Å². The highest BCUT2D eigenvalue weighted by Crippen LogP contribution is 2.20. The molecule has 0 unspecified atom stereocenters. The minimum absolute atomic E-state index is 0.0209. The molecule has 1 amide bonds. The normalized spacial score (nSPS) is 10.7. The molecule has 0 radical (unpaired) electrons. The topological polar surface area (TPSA) is 59.2 Å². The number of nitrogens with zero attached hydrogens (tertiary/aromatic N) is 3. The van der Waals surface area contributed by atoms with Gasteiger partial charge < -0.3 is 9.42 Å². The van der Waals surface area contributed by atoms with Crippen molar-refractivity contribution in [3.05, 3.63) is 109 Å². The van der Waals surface area contributed by atoms with Gasteiger partial charge in [-0.25, -0.2) is 0 Å². The minimum Gasteiger partial charge on any atom is -0.337 e. The summed E-state index contributed by atoms with van der Waals surface area (Å²) in [4.78, 5) is 19.1. The minimum atomic E-state index is -0.0209. The van der Waals surface area contributed by atoms with Crippen LogP contribution in [0.5, 0.6) is 0 Å². The van der Waals surface area contributed by atoms with Crippen LogP contribution in [0, 0.1) is 6.92 Å². The summed E-state index contributed by atoms with van der Waals surface area (Å²) < 4.78 is 5.40. The van der Waals surface area contributed by atoms with E-state index in [-0.39, 0.29) is 12.5 Å². The van der Waals surface area contributed by atoms with Crippen molar-refractivity contribution in [2.45, 2.75) is 19.9 Å². The number of rotatable bonds is 8. The fourth-order valence-corrected chi connectivity index (χ4v) is 3.44. The third-order valence-corrected chi connectivity index (χ3v) is 5.22. The van der Waals surface area contributed by atoms with E-state index >= 15 is 0 Å². The maximum absolute atomic E-state index is 13.0. The second kappa shape index (κ2) is 9.88. The Labute approximate surface area is 188 Å². The Balaban J connectivity index is 1.43. The zero-order valence-electron chi connectivity index (χ0n) is 18.1. The number of benzene rings is 3. The van der Waals surface area contributed by atoms with Crippen LogP contribution in [0.2, 0.25) is 0 Å². The van der Waals surface area contributed by atoms with Crippen LogP contribution < -0.4 is 0 Å². The number of hydrogen-bond acceptors (Lipinski definition) is 4. The maximum Gasteiger partial charge on any atom is 0.246 e. The first-order chi connectivity index (χ1) is 15.6. The first-order valence-electron chi connectivity index (χ1n) is 10.5. The van der Waals surface area contributed by atoms with Crippen molar-refractivity contribution in [1.82, 2.24) is 15.0 Å². The van der Waals surface area contributed by atoms with Gasteiger partial charge in [0.1, 0.15) is 6.54 Å². The summed E-state index contributed by atoms with van der Waals surface area (Å²) in [6, 6.07) is 26.2. The van der Waals surface area contributed by atoms with Crippen molar-refractivity contribution in [3.63, 3.8) is 0 Å². The molecule has 0 N–H and O–H groups in total. The lowest BCUT2D eigenvalue weighted by Gasteiger charge is -2.19. The van der Waals surface area contributed by atoms with Crippen LogP contribution >= 0.6 is 0 Å². The van der Waals surface area contributed by atoms with Crippen LogP contribution in [0.15, 0.2) is 96.0 Å². The quantitative estimate of drug-likeness (QED) is 0.353. The Morgan fingerprint density at radius 3 is 2.28 bits per heavy atom. The monoisotopic (exact) mass is 423 g/mol. The smallest absolute Gasteiger partial charge is 0.246 e. The van der Waals surface area contributed by atoms with E-state index in [0.29, 0.717) is 24.7 Å². The predicted molar refractivity (Wildman–Crippen MR) is 126 cm³/mol. The highest BCUT2D eigenvalue weighted by Gasteiger charge is 2.18. The number of aromatic nitrogens is 2. The summed E-state index contributed by atoms with van der Waals surface area (Å²) in [6.07, 6.45) is 2.00. The molecule has 0 aliphatic rings. The van der Waals surface area contributed by atoms with Crippen LogP contribution in [0.1, 0.15) is 17.0 Å². The summed E-state index contributed by atoms with van der Waals surface area (Å²) in [5.41, 5.74) is 5.27. The summed E-state index contributed by atoms with van der Waals surface area (Å²) in [5.74, 6) is 0.894. The van der Waals surface area contributed by atoms with Gasteiger partial charge in [0.05, 0.1) is 6.42 Å². The van der Waals surface area contributed by atoms with Crippen molar-refractivity contribution in [2.75, 3.05) is 6.54 Å². The summed E-state index contributed by atoms with van der Waals surface area (Å²) in [6.45, 7) is 6.45. The molecule has 5 nitrogen and oxygen atoms in total. The van der Waals surface area contributed by atoms with Crippen molar-refractivity contribution < 1.29 is 9.32 Å². The Bertz CT molecular complexity index is 1180. The van der Waals surface area contributed by atoms with Crippen LogP contribution in [0.4, 0.5) is 0 Å². The molecule has 1 aromatic heterocycles. The van der Waals surface area contributed by atoms with Gasteiger partial charge in [-0.15, -0.1) is 6.58 Å². The lowest BCUT2D eigenvalue weighted by molar-refractivity contribution is -0.130. The van der Waals surface area contributed by atoms with Gasteiger partial charge in [0.2, 0.25) is 17.6 Å². The molecule has 5 heteroatoms.